The first-order chi connectivity index (χ1) is 9.11. The van der Waals surface area contributed by atoms with E-state index in [0.29, 0.717) is 0 Å². The van der Waals surface area contributed by atoms with Gasteiger partial charge < -0.3 is 10.4 Å². The third-order valence-corrected chi connectivity index (χ3v) is 3.46. The number of carboxylic acids is 1. The summed E-state index contributed by atoms with van der Waals surface area (Å²) in [4.78, 5) is 22.5. The second kappa shape index (κ2) is 6.03. The topological polar surface area (TPSA) is 66.4 Å². The van der Waals surface area contributed by atoms with Gasteiger partial charge in [-0.3, -0.25) is 4.79 Å². The van der Waals surface area contributed by atoms with Crippen molar-refractivity contribution in [1.29, 1.82) is 0 Å². The molecule has 1 amide bonds. The maximum absolute atomic E-state index is 13.7. The molecule has 20 heavy (non-hydrogen) atoms. The van der Waals surface area contributed by atoms with Crippen LogP contribution in [0.3, 0.4) is 0 Å². The Labute approximate surface area is 118 Å². The highest BCUT2D eigenvalue weighted by Gasteiger charge is 2.23. The number of nitrogens with one attached hydrogen (secondary N) is 1. The number of halogens is 1. The van der Waals surface area contributed by atoms with Crippen LogP contribution in [0.5, 0.6) is 0 Å². The van der Waals surface area contributed by atoms with E-state index in [1.165, 1.54) is 12.1 Å². The van der Waals surface area contributed by atoms with Crippen molar-refractivity contribution in [1.82, 2.24) is 0 Å². The molecule has 0 radical (unpaired) electrons. The molecule has 0 bridgehead atoms. The number of hydrogen-bond donors (Lipinski definition) is 2. The van der Waals surface area contributed by atoms with Crippen LogP contribution in [-0.4, -0.2) is 17.0 Å². The molecule has 0 aliphatic carbocycles. The number of carbonyl (C=O) groups is 2. The number of amides is 1. The van der Waals surface area contributed by atoms with Crippen LogP contribution < -0.4 is 5.32 Å². The van der Waals surface area contributed by atoms with Crippen LogP contribution in [0.4, 0.5) is 10.1 Å². The Morgan fingerprint density at radius 1 is 1.35 bits per heavy atom. The standard InChI is InChI=1S/C15H20FNO3/c1-9(15(2,3)4)7-13(18)17-12-6-5-10(14(19)20)8-11(12)16/h5-6,8-9H,7H2,1-4H3,(H,17,18)(H,19,20). The zero-order valence-electron chi connectivity index (χ0n) is 12.2. The van der Waals surface area contributed by atoms with Crippen molar-refractivity contribution in [3.63, 3.8) is 0 Å². The summed E-state index contributed by atoms with van der Waals surface area (Å²) >= 11 is 0. The van der Waals surface area contributed by atoms with Gasteiger partial charge in [0.15, 0.2) is 0 Å². The fourth-order valence-electron chi connectivity index (χ4n) is 1.54. The van der Waals surface area contributed by atoms with Crippen LogP contribution in [0.1, 0.15) is 44.5 Å². The van der Waals surface area contributed by atoms with Crippen molar-refractivity contribution < 1.29 is 19.1 Å². The minimum Gasteiger partial charge on any atom is -0.478 e. The number of hydrogen-bond acceptors (Lipinski definition) is 2. The summed E-state index contributed by atoms with van der Waals surface area (Å²) in [6, 6.07) is 3.41. The van der Waals surface area contributed by atoms with Gasteiger partial charge in [-0.1, -0.05) is 27.7 Å². The summed E-state index contributed by atoms with van der Waals surface area (Å²) in [5.41, 5.74) is -0.159. The molecule has 0 spiro atoms. The summed E-state index contributed by atoms with van der Waals surface area (Å²) in [7, 11) is 0. The Hall–Kier alpha value is -1.91. The highest BCUT2D eigenvalue weighted by atomic mass is 19.1. The normalized spacial score (nSPS) is 12.8. The van der Waals surface area contributed by atoms with Crippen molar-refractivity contribution in [3.05, 3.63) is 29.6 Å². The quantitative estimate of drug-likeness (QED) is 0.887. The predicted molar refractivity (Wildman–Crippen MR) is 75.2 cm³/mol. The third-order valence-electron chi connectivity index (χ3n) is 3.46. The number of carbonyl (C=O) groups excluding carboxylic acids is 1. The lowest BCUT2D eigenvalue weighted by molar-refractivity contribution is -0.117. The van der Waals surface area contributed by atoms with Crippen molar-refractivity contribution in [2.75, 3.05) is 5.32 Å². The molecule has 0 aliphatic heterocycles. The van der Waals surface area contributed by atoms with E-state index in [-0.39, 0.29) is 34.9 Å². The van der Waals surface area contributed by atoms with Gasteiger partial charge in [-0.05, 0) is 29.5 Å². The molecule has 0 saturated heterocycles. The molecule has 0 aromatic heterocycles. The first kappa shape index (κ1) is 16.1. The largest absolute Gasteiger partial charge is 0.478 e. The highest BCUT2D eigenvalue weighted by Crippen LogP contribution is 2.28. The van der Waals surface area contributed by atoms with Crippen LogP contribution in [0, 0.1) is 17.2 Å². The van der Waals surface area contributed by atoms with E-state index in [1.54, 1.807) is 0 Å². The Bertz CT molecular complexity index is 520. The number of anilines is 1. The summed E-state index contributed by atoms with van der Waals surface area (Å²) < 4.78 is 13.7. The summed E-state index contributed by atoms with van der Waals surface area (Å²) in [5.74, 6) is -2.09. The second-order valence-electron chi connectivity index (χ2n) is 6.02. The van der Waals surface area contributed by atoms with E-state index in [0.717, 1.165) is 6.07 Å². The van der Waals surface area contributed by atoms with Gasteiger partial charge in [-0.25, -0.2) is 9.18 Å². The van der Waals surface area contributed by atoms with Gasteiger partial charge in [-0.15, -0.1) is 0 Å². The fraction of sp³-hybridized carbons (Fsp3) is 0.467. The minimum atomic E-state index is -1.21. The molecule has 2 N–H and O–H groups in total. The minimum absolute atomic E-state index is 0.00103. The van der Waals surface area contributed by atoms with Crippen LogP contribution in [0.25, 0.3) is 0 Å². The molecule has 1 unspecified atom stereocenters. The molecule has 110 valence electrons. The molecule has 1 rings (SSSR count). The molecule has 4 nitrogen and oxygen atoms in total. The first-order valence-corrected chi connectivity index (χ1v) is 6.44. The molecular formula is C15H20FNO3. The van der Waals surface area contributed by atoms with Gasteiger partial charge >= 0.3 is 5.97 Å². The van der Waals surface area contributed by atoms with Crippen LogP contribution >= 0.6 is 0 Å². The number of carboxylic acid groups (broad SMARTS) is 1. The number of benzene rings is 1. The van der Waals surface area contributed by atoms with Gasteiger partial charge in [0.2, 0.25) is 5.91 Å². The molecule has 1 atom stereocenters. The van der Waals surface area contributed by atoms with Crippen LogP contribution in [0.2, 0.25) is 0 Å². The molecule has 0 saturated carbocycles. The van der Waals surface area contributed by atoms with Crippen molar-refractivity contribution in [3.8, 4) is 0 Å². The van der Waals surface area contributed by atoms with E-state index in [1.807, 2.05) is 27.7 Å². The second-order valence-corrected chi connectivity index (χ2v) is 6.02. The molecule has 1 aromatic rings. The molecular weight excluding hydrogens is 261 g/mol. The van der Waals surface area contributed by atoms with Gasteiger partial charge in [0.1, 0.15) is 5.82 Å². The molecule has 5 heteroatoms. The Morgan fingerprint density at radius 2 is 1.95 bits per heavy atom. The maximum atomic E-state index is 13.7. The summed E-state index contributed by atoms with van der Waals surface area (Å²) in [5, 5.41) is 11.2. The average molecular weight is 281 g/mol. The summed E-state index contributed by atoms with van der Waals surface area (Å²) in [6.07, 6.45) is 0.281. The van der Waals surface area contributed by atoms with E-state index in [9.17, 15) is 14.0 Å². The third kappa shape index (κ3) is 4.33. The Balaban J connectivity index is 2.74. The molecule has 0 fully saturated rings. The van der Waals surface area contributed by atoms with Gasteiger partial charge in [0.05, 0.1) is 11.3 Å². The van der Waals surface area contributed by atoms with Gasteiger partial charge in [0.25, 0.3) is 0 Å². The van der Waals surface area contributed by atoms with Crippen molar-refractivity contribution >= 4 is 17.6 Å². The SMILES string of the molecule is CC(CC(=O)Nc1ccc(C(=O)O)cc1F)C(C)(C)C. The van der Waals surface area contributed by atoms with Crippen molar-refractivity contribution in [2.45, 2.75) is 34.1 Å². The maximum Gasteiger partial charge on any atom is 0.335 e. The zero-order valence-corrected chi connectivity index (χ0v) is 12.2. The van der Waals surface area contributed by atoms with Crippen LogP contribution in [0.15, 0.2) is 18.2 Å². The van der Waals surface area contributed by atoms with Crippen molar-refractivity contribution in [2.24, 2.45) is 11.3 Å². The fourth-order valence-corrected chi connectivity index (χ4v) is 1.54. The number of aromatic carboxylic acids is 1. The molecule has 0 aliphatic rings. The lowest BCUT2D eigenvalue weighted by atomic mass is 9.80. The monoisotopic (exact) mass is 281 g/mol. The van der Waals surface area contributed by atoms with E-state index in [2.05, 4.69) is 5.32 Å². The summed E-state index contributed by atoms with van der Waals surface area (Å²) in [6.45, 7) is 8.07. The average Bonchev–Trinajstić information content (AvgIpc) is 2.30. The highest BCUT2D eigenvalue weighted by molar-refractivity contribution is 5.92. The van der Waals surface area contributed by atoms with E-state index in [4.69, 9.17) is 5.11 Å². The molecule has 0 heterocycles. The lowest BCUT2D eigenvalue weighted by Gasteiger charge is -2.26. The van der Waals surface area contributed by atoms with E-state index >= 15 is 0 Å². The predicted octanol–water partition coefficient (Wildman–Crippen LogP) is 3.53. The Kier molecular flexibility index (Phi) is 4.87. The van der Waals surface area contributed by atoms with Gasteiger partial charge in [-0.2, -0.15) is 0 Å². The van der Waals surface area contributed by atoms with Crippen LogP contribution in [-0.2, 0) is 4.79 Å². The Morgan fingerprint density at radius 3 is 2.40 bits per heavy atom. The number of rotatable bonds is 4. The lowest BCUT2D eigenvalue weighted by Crippen LogP contribution is -2.24. The first-order valence-electron chi connectivity index (χ1n) is 6.44. The zero-order chi connectivity index (χ0) is 15.5. The van der Waals surface area contributed by atoms with E-state index < -0.39 is 11.8 Å². The van der Waals surface area contributed by atoms with Gasteiger partial charge in [0, 0.05) is 6.42 Å². The smallest absolute Gasteiger partial charge is 0.335 e. The molecule has 1 aromatic carbocycles.